The zero-order valence-corrected chi connectivity index (χ0v) is 7.46. The van der Waals surface area contributed by atoms with Crippen LogP contribution in [0.5, 0.6) is 0 Å². The first-order valence-electron chi connectivity index (χ1n) is 3.72. The van der Waals surface area contributed by atoms with Gasteiger partial charge in [0.05, 0.1) is 6.61 Å². The number of carbonyl (C=O) groups excluding carboxylic acids is 1. The third-order valence-electron chi connectivity index (χ3n) is 0.776. The molecule has 66 valence electrons. The first kappa shape index (κ1) is 12.8. The van der Waals surface area contributed by atoms with Crippen LogP contribution in [0.25, 0.3) is 0 Å². The molecule has 0 aromatic heterocycles. The minimum Gasteiger partial charge on any atom is -0.463 e. The van der Waals surface area contributed by atoms with Gasteiger partial charge in [0.15, 0.2) is 0 Å². The Balaban J connectivity index is 0. The van der Waals surface area contributed by atoms with Crippen molar-refractivity contribution < 1.29 is 9.53 Å². The molecular weight excluding hydrogens is 142 g/mol. The van der Waals surface area contributed by atoms with Crippen LogP contribution in [0.1, 0.15) is 20.3 Å². The van der Waals surface area contributed by atoms with E-state index in [0.29, 0.717) is 6.61 Å². The highest BCUT2D eigenvalue weighted by molar-refractivity contribution is 5.81. The lowest BCUT2D eigenvalue weighted by atomic mass is 10.4. The lowest BCUT2D eigenvalue weighted by Crippen LogP contribution is -1.98. The molecule has 0 aromatic carbocycles. The van der Waals surface area contributed by atoms with Crippen LogP contribution in [0.2, 0.25) is 0 Å². The molecule has 0 atom stereocenters. The number of nitrogens with two attached hydrogens (primary N) is 1. The van der Waals surface area contributed by atoms with Crippen LogP contribution in [0.15, 0.2) is 12.2 Å². The van der Waals surface area contributed by atoms with Gasteiger partial charge >= 0.3 is 5.97 Å². The van der Waals surface area contributed by atoms with Crippen molar-refractivity contribution in [1.82, 2.24) is 0 Å². The fraction of sp³-hybridized carbons (Fsp3) is 0.625. The molecule has 0 saturated heterocycles. The van der Waals surface area contributed by atoms with Gasteiger partial charge in [-0.1, -0.05) is 13.0 Å². The molecule has 2 N–H and O–H groups in total. The van der Waals surface area contributed by atoms with Gasteiger partial charge in [-0.15, -0.1) is 0 Å². The summed E-state index contributed by atoms with van der Waals surface area (Å²) in [7, 11) is 1.50. The van der Waals surface area contributed by atoms with Crippen LogP contribution in [0, 0.1) is 0 Å². The van der Waals surface area contributed by atoms with Crippen LogP contribution in [0.3, 0.4) is 0 Å². The lowest BCUT2D eigenvalue weighted by molar-refractivity contribution is -0.137. The Bertz CT molecular complexity index is 111. The average molecular weight is 159 g/mol. The first-order chi connectivity index (χ1) is 5.31. The van der Waals surface area contributed by atoms with Crippen LogP contribution in [-0.2, 0) is 9.53 Å². The molecule has 0 heterocycles. The van der Waals surface area contributed by atoms with E-state index in [2.05, 4.69) is 10.5 Å². The van der Waals surface area contributed by atoms with Gasteiger partial charge in [0.1, 0.15) is 0 Å². The summed E-state index contributed by atoms with van der Waals surface area (Å²) >= 11 is 0. The highest BCUT2D eigenvalue weighted by Gasteiger charge is 1.89. The summed E-state index contributed by atoms with van der Waals surface area (Å²) in [5.74, 6) is -0.251. The van der Waals surface area contributed by atoms with Crippen LogP contribution >= 0.6 is 0 Å². The van der Waals surface area contributed by atoms with Gasteiger partial charge in [0.2, 0.25) is 0 Å². The summed E-state index contributed by atoms with van der Waals surface area (Å²) in [5.41, 5.74) is 4.50. The van der Waals surface area contributed by atoms with E-state index in [0.717, 1.165) is 6.42 Å². The second kappa shape index (κ2) is 11.9. The highest BCUT2D eigenvalue weighted by atomic mass is 16.5. The fourth-order valence-electron chi connectivity index (χ4n) is 0.404. The summed E-state index contributed by atoms with van der Waals surface area (Å²) in [5, 5.41) is 0. The third-order valence-corrected chi connectivity index (χ3v) is 0.776. The fourth-order valence-corrected chi connectivity index (χ4v) is 0.404. The first-order valence-corrected chi connectivity index (χ1v) is 3.72. The Hall–Kier alpha value is -0.830. The van der Waals surface area contributed by atoms with Gasteiger partial charge in [-0.25, -0.2) is 4.79 Å². The van der Waals surface area contributed by atoms with E-state index in [1.807, 2.05) is 6.92 Å². The SMILES string of the molecule is CCC=CC(=O)OCC.CN. The van der Waals surface area contributed by atoms with Gasteiger partial charge in [0, 0.05) is 6.08 Å². The number of hydrogen-bond acceptors (Lipinski definition) is 3. The number of hydrogen-bond donors (Lipinski definition) is 1. The summed E-state index contributed by atoms with van der Waals surface area (Å²) < 4.78 is 4.62. The monoisotopic (exact) mass is 159 g/mol. The minimum atomic E-state index is -0.251. The van der Waals surface area contributed by atoms with Crippen molar-refractivity contribution in [3.63, 3.8) is 0 Å². The number of esters is 1. The van der Waals surface area contributed by atoms with Crippen LogP contribution in [0.4, 0.5) is 0 Å². The molecule has 11 heavy (non-hydrogen) atoms. The summed E-state index contributed by atoms with van der Waals surface area (Å²) in [6.07, 6.45) is 4.10. The van der Waals surface area contributed by atoms with Gasteiger partial charge < -0.3 is 10.5 Å². The molecular formula is C8H17NO2. The van der Waals surface area contributed by atoms with Crippen molar-refractivity contribution in [3.05, 3.63) is 12.2 Å². The van der Waals surface area contributed by atoms with Gasteiger partial charge in [0.25, 0.3) is 0 Å². The number of ether oxygens (including phenoxy) is 1. The largest absolute Gasteiger partial charge is 0.463 e. The number of rotatable bonds is 3. The molecule has 0 saturated carbocycles. The molecule has 3 nitrogen and oxygen atoms in total. The molecule has 0 amide bonds. The molecule has 0 radical (unpaired) electrons. The quantitative estimate of drug-likeness (QED) is 0.495. The summed E-state index contributed by atoms with van der Waals surface area (Å²) in [6, 6.07) is 0. The molecule has 3 heteroatoms. The van der Waals surface area contributed by atoms with E-state index in [1.165, 1.54) is 13.1 Å². The maximum atomic E-state index is 10.5. The van der Waals surface area contributed by atoms with Crippen LogP contribution < -0.4 is 5.73 Å². The summed E-state index contributed by atoms with van der Waals surface area (Å²) in [6.45, 7) is 4.21. The Labute approximate surface area is 68.2 Å². The summed E-state index contributed by atoms with van der Waals surface area (Å²) in [4.78, 5) is 10.5. The molecule has 0 rings (SSSR count). The van der Waals surface area contributed by atoms with Crippen molar-refractivity contribution in [3.8, 4) is 0 Å². The second-order valence-corrected chi connectivity index (χ2v) is 1.56. The Kier molecular flexibility index (Phi) is 13.9. The van der Waals surface area contributed by atoms with E-state index in [1.54, 1.807) is 13.0 Å². The zero-order chi connectivity index (χ0) is 9.11. The van der Waals surface area contributed by atoms with Crippen molar-refractivity contribution in [1.29, 1.82) is 0 Å². The van der Waals surface area contributed by atoms with E-state index in [9.17, 15) is 4.79 Å². The van der Waals surface area contributed by atoms with Gasteiger partial charge in [-0.2, -0.15) is 0 Å². The molecule has 0 fully saturated rings. The van der Waals surface area contributed by atoms with Crippen molar-refractivity contribution >= 4 is 5.97 Å². The van der Waals surface area contributed by atoms with Gasteiger partial charge in [-0.3, -0.25) is 0 Å². The molecule has 0 aliphatic rings. The smallest absolute Gasteiger partial charge is 0.330 e. The van der Waals surface area contributed by atoms with Crippen LogP contribution in [-0.4, -0.2) is 19.6 Å². The maximum absolute atomic E-state index is 10.5. The zero-order valence-electron chi connectivity index (χ0n) is 7.46. The average Bonchev–Trinajstić information content (AvgIpc) is 2.05. The highest BCUT2D eigenvalue weighted by Crippen LogP contribution is 1.83. The van der Waals surface area contributed by atoms with Crippen molar-refractivity contribution in [2.45, 2.75) is 20.3 Å². The van der Waals surface area contributed by atoms with E-state index < -0.39 is 0 Å². The number of carbonyl (C=O) groups is 1. The topological polar surface area (TPSA) is 52.3 Å². The standard InChI is InChI=1S/C7H12O2.CH5N/c1-3-5-6-7(8)9-4-2;1-2/h5-6H,3-4H2,1-2H3;2H2,1H3. The Morgan fingerprint density at radius 3 is 2.36 bits per heavy atom. The third kappa shape index (κ3) is 12.4. The van der Waals surface area contributed by atoms with E-state index in [4.69, 9.17) is 0 Å². The predicted molar refractivity (Wildman–Crippen MR) is 46.2 cm³/mol. The van der Waals surface area contributed by atoms with E-state index >= 15 is 0 Å². The molecule has 0 aromatic rings. The van der Waals surface area contributed by atoms with E-state index in [-0.39, 0.29) is 5.97 Å². The predicted octanol–water partition coefficient (Wildman–Crippen LogP) is 1.09. The molecule has 0 bridgehead atoms. The minimum absolute atomic E-state index is 0.251. The Morgan fingerprint density at radius 2 is 2.00 bits per heavy atom. The van der Waals surface area contributed by atoms with Gasteiger partial charge in [-0.05, 0) is 20.4 Å². The lowest BCUT2D eigenvalue weighted by Gasteiger charge is -1.92. The van der Waals surface area contributed by atoms with Crippen molar-refractivity contribution in [2.75, 3.05) is 13.7 Å². The number of allylic oxidation sites excluding steroid dienone is 1. The molecule has 0 aliphatic carbocycles. The maximum Gasteiger partial charge on any atom is 0.330 e. The second-order valence-electron chi connectivity index (χ2n) is 1.56. The molecule has 0 spiro atoms. The molecule has 0 unspecified atom stereocenters. The Morgan fingerprint density at radius 1 is 1.45 bits per heavy atom. The molecule has 0 aliphatic heterocycles. The normalized spacial score (nSPS) is 8.73. The van der Waals surface area contributed by atoms with Crippen molar-refractivity contribution in [2.24, 2.45) is 5.73 Å².